The third-order valence-corrected chi connectivity index (χ3v) is 5.53. The van der Waals surface area contributed by atoms with Crippen LogP contribution in [0.15, 0.2) is 17.1 Å². The van der Waals surface area contributed by atoms with Crippen molar-refractivity contribution < 1.29 is 14.2 Å². The van der Waals surface area contributed by atoms with Gasteiger partial charge in [-0.25, -0.2) is 0 Å². The summed E-state index contributed by atoms with van der Waals surface area (Å²) in [6.45, 7) is 7.62. The Hall–Kier alpha value is -2.15. The van der Waals surface area contributed by atoms with Gasteiger partial charge >= 0.3 is 0 Å². The lowest BCUT2D eigenvalue weighted by Crippen LogP contribution is -2.40. The van der Waals surface area contributed by atoms with Crippen LogP contribution < -0.4 is 24.8 Å². The summed E-state index contributed by atoms with van der Waals surface area (Å²) < 4.78 is 16.3. The standard InChI is InChI=1S/C22H38N4O3/c1-17-8-13-26(14-9-17)12-6-10-24-22(23-2)25-11-7-19-20(28-4)15-18(27-3)16-21(19)29-5/h15-17H,6-14H2,1-5H3,(H2,23,24,25). The predicted molar refractivity (Wildman–Crippen MR) is 119 cm³/mol. The van der Waals surface area contributed by atoms with Gasteiger partial charge in [0.2, 0.25) is 0 Å². The lowest BCUT2D eigenvalue weighted by molar-refractivity contribution is 0.191. The molecule has 0 radical (unpaired) electrons. The van der Waals surface area contributed by atoms with Crippen molar-refractivity contribution in [3.05, 3.63) is 17.7 Å². The van der Waals surface area contributed by atoms with Gasteiger partial charge in [-0.15, -0.1) is 0 Å². The van der Waals surface area contributed by atoms with Crippen molar-refractivity contribution >= 4 is 5.96 Å². The van der Waals surface area contributed by atoms with Crippen LogP contribution in [0.2, 0.25) is 0 Å². The molecule has 1 saturated heterocycles. The third kappa shape index (κ3) is 7.31. The van der Waals surface area contributed by atoms with Crippen molar-refractivity contribution in [2.75, 3.05) is 61.1 Å². The predicted octanol–water partition coefficient (Wildman–Crippen LogP) is 2.54. The average molecular weight is 407 g/mol. The highest BCUT2D eigenvalue weighted by Crippen LogP contribution is 2.34. The van der Waals surface area contributed by atoms with E-state index >= 15 is 0 Å². The van der Waals surface area contributed by atoms with Crippen molar-refractivity contribution in [1.29, 1.82) is 0 Å². The van der Waals surface area contributed by atoms with Crippen molar-refractivity contribution in [1.82, 2.24) is 15.5 Å². The van der Waals surface area contributed by atoms with Gasteiger partial charge in [0, 0.05) is 37.8 Å². The molecule has 29 heavy (non-hydrogen) atoms. The molecule has 7 heteroatoms. The van der Waals surface area contributed by atoms with Crippen LogP contribution in [0.3, 0.4) is 0 Å². The van der Waals surface area contributed by atoms with Crippen LogP contribution in [-0.4, -0.2) is 72.0 Å². The van der Waals surface area contributed by atoms with E-state index in [-0.39, 0.29) is 0 Å². The minimum absolute atomic E-state index is 0.719. The Balaban J connectivity index is 1.75. The zero-order chi connectivity index (χ0) is 21.1. The van der Waals surface area contributed by atoms with E-state index in [1.54, 1.807) is 28.4 Å². The zero-order valence-electron chi connectivity index (χ0n) is 18.7. The molecule has 7 nitrogen and oxygen atoms in total. The van der Waals surface area contributed by atoms with Gasteiger partial charge < -0.3 is 29.7 Å². The van der Waals surface area contributed by atoms with E-state index in [1.807, 2.05) is 12.1 Å². The van der Waals surface area contributed by atoms with Crippen molar-refractivity contribution in [3.8, 4) is 17.2 Å². The summed E-state index contributed by atoms with van der Waals surface area (Å²) in [5, 5.41) is 6.79. The summed E-state index contributed by atoms with van der Waals surface area (Å²) in [7, 11) is 6.76. The van der Waals surface area contributed by atoms with E-state index in [0.29, 0.717) is 0 Å². The number of likely N-dealkylation sites (tertiary alicyclic amines) is 1. The van der Waals surface area contributed by atoms with E-state index in [0.717, 1.165) is 67.2 Å². The number of benzene rings is 1. The van der Waals surface area contributed by atoms with Crippen LogP contribution in [0.25, 0.3) is 0 Å². The molecule has 1 aliphatic heterocycles. The molecule has 164 valence electrons. The van der Waals surface area contributed by atoms with Crippen molar-refractivity contribution in [2.24, 2.45) is 10.9 Å². The molecule has 1 aliphatic rings. The minimum atomic E-state index is 0.719. The molecular weight excluding hydrogens is 368 g/mol. The molecule has 2 N–H and O–H groups in total. The Bertz CT molecular complexity index is 618. The van der Waals surface area contributed by atoms with Gasteiger partial charge in [-0.3, -0.25) is 4.99 Å². The Morgan fingerprint density at radius 3 is 2.21 bits per heavy atom. The van der Waals surface area contributed by atoms with Crippen molar-refractivity contribution in [2.45, 2.75) is 32.6 Å². The molecule has 1 heterocycles. The second-order valence-corrected chi connectivity index (χ2v) is 7.56. The number of methoxy groups -OCH3 is 3. The molecular formula is C22H38N4O3. The first-order valence-electron chi connectivity index (χ1n) is 10.6. The maximum Gasteiger partial charge on any atom is 0.190 e. The van der Waals surface area contributed by atoms with Gasteiger partial charge in [0.05, 0.1) is 21.3 Å². The number of ether oxygens (including phenoxy) is 3. The first kappa shape index (κ1) is 23.1. The van der Waals surface area contributed by atoms with Crippen LogP contribution in [0.1, 0.15) is 31.7 Å². The maximum atomic E-state index is 5.52. The highest BCUT2D eigenvalue weighted by molar-refractivity contribution is 5.79. The van der Waals surface area contributed by atoms with Crippen molar-refractivity contribution in [3.63, 3.8) is 0 Å². The fraction of sp³-hybridized carbons (Fsp3) is 0.682. The zero-order valence-corrected chi connectivity index (χ0v) is 18.7. The van der Waals surface area contributed by atoms with E-state index in [2.05, 4.69) is 27.4 Å². The molecule has 0 bridgehead atoms. The molecule has 1 aromatic carbocycles. The number of guanidine groups is 1. The molecule has 0 amide bonds. The molecule has 0 atom stereocenters. The molecule has 2 rings (SSSR count). The number of nitrogens with one attached hydrogen (secondary N) is 2. The van der Waals surface area contributed by atoms with E-state index in [4.69, 9.17) is 14.2 Å². The van der Waals surface area contributed by atoms with Crippen LogP contribution in [0.5, 0.6) is 17.2 Å². The summed E-state index contributed by atoms with van der Waals surface area (Å²) in [5.41, 5.74) is 1.01. The summed E-state index contributed by atoms with van der Waals surface area (Å²) in [4.78, 5) is 6.89. The Labute approximate surface area is 175 Å². The lowest BCUT2D eigenvalue weighted by atomic mass is 9.99. The number of aliphatic imine (C=N–C) groups is 1. The minimum Gasteiger partial charge on any atom is -0.496 e. The first-order chi connectivity index (χ1) is 14.1. The lowest BCUT2D eigenvalue weighted by Gasteiger charge is -2.30. The van der Waals surface area contributed by atoms with Crippen LogP contribution in [0.4, 0.5) is 0 Å². The SMILES string of the molecule is CN=C(NCCCN1CCC(C)CC1)NCCc1c(OC)cc(OC)cc1OC. The van der Waals surface area contributed by atoms with Gasteiger partial charge in [-0.1, -0.05) is 6.92 Å². The Morgan fingerprint density at radius 1 is 1.03 bits per heavy atom. The quantitative estimate of drug-likeness (QED) is 0.354. The van der Waals surface area contributed by atoms with Gasteiger partial charge in [0.25, 0.3) is 0 Å². The molecule has 0 saturated carbocycles. The van der Waals surface area contributed by atoms with Crippen LogP contribution in [0, 0.1) is 5.92 Å². The van der Waals surface area contributed by atoms with Gasteiger partial charge in [-0.05, 0) is 51.2 Å². The molecule has 0 spiro atoms. The highest BCUT2D eigenvalue weighted by Gasteiger charge is 2.15. The fourth-order valence-electron chi connectivity index (χ4n) is 3.65. The fourth-order valence-corrected chi connectivity index (χ4v) is 3.65. The maximum absolute atomic E-state index is 5.52. The number of hydrogen-bond donors (Lipinski definition) is 2. The van der Waals surface area contributed by atoms with E-state index < -0.39 is 0 Å². The Kier molecular flexibility index (Phi) is 9.91. The molecule has 0 aliphatic carbocycles. The third-order valence-electron chi connectivity index (χ3n) is 5.53. The number of piperidine rings is 1. The Morgan fingerprint density at radius 2 is 1.66 bits per heavy atom. The van der Waals surface area contributed by atoms with E-state index in [9.17, 15) is 0 Å². The summed E-state index contributed by atoms with van der Waals surface area (Å²) in [5.74, 6) is 3.96. The van der Waals surface area contributed by atoms with Crippen LogP contribution >= 0.6 is 0 Å². The second kappa shape index (κ2) is 12.4. The number of rotatable bonds is 10. The summed E-state index contributed by atoms with van der Waals surface area (Å²) in [6, 6.07) is 3.76. The molecule has 0 unspecified atom stereocenters. The summed E-state index contributed by atoms with van der Waals surface area (Å²) in [6.07, 6.45) is 4.53. The monoisotopic (exact) mass is 406 g/mol. The van der Waals surface area contributed by atoms with Crippen LogP contribution in [-0.2, 0) is 6.42 Å². The normalized spacial score (nSPS) is 15.8. The van der Waals surface area contributed by atoms with Gasteiger partial charge in [-0.2, -0.15) is 0 Å². The largest absolute Gasteiger partial charge is 0.496 e. The molecule has 1 fully saturated rings. The molecule has 1 aromatic rings. The average Bonchev–Trinajstić information content (AvgIpc) is 2.76. The second-order valence-electron chi connectivity index (χ2n) is 7.56. The first-order valence-corrected chi connectivity index (χ1v) is 10.6. The number of nitrogens with zero attached hydrogens (tertiary/aromatic N) is 2. The molecule has 0 aromatic heterocycles. The summed E-state index contributed by atoms with van der Waals surface area (Å²) >= 11 is 0. The highest BCUT2D eigenvalue weighted by atomic mass is 16.5. The topological polar surface area (TPSA) is 67.4 Å². The number of hydrogen-bond acceptors (Lipinski definition) is 5. The van der Waals surface area contributed by atoms with E-state index in [1.165, 1.54) is 25.9 Å². The smallest absolute Gasteiger partial charge is 0.190 e. The van der Waals surface area contributed by atoms with Gasteiger partial charge in [0.1, 0.15) is 17.2 Å². The van der Waals surface area contributed by atoms with Gasteiger partial charge in [0.15, 0.2) is 5.96 Å².